The molecule has 8 atom stereocenters. The van der Waals surface area contributed by atoms with Gasteiger partial charge in [0, 0.05) is 33.3 Å². The summed E-state index contributed by atoms with van der Waals surface area (Å²) < 4.78 is 24.0. The van der Waals surface area contributed by atoms with E-state index in [-0.39, 0.29) is 18.3 Å². The number of ether oxygens (including phenoxy) is 4. The number of carbonyl (C=O) groups is 4. The fourth-order valence-electron chi connectivity index (χ4n) is 7.73. The van der Waals surface area contributed by atoms with Gasteiger partial charge < -0.3 is 18.9 Å². The van der Waals surface area contributed by atoms with Crippen LogP contribution in [0.2, 0.25) is 0 Å². The van der Waals surface area contributed by atoms with E-state index in [0.717, 1.165) is 11.1 Å². The van der Waals surface area contributed by atoms with Crippen molar-refractivity contribution >= 4 is 30.0 Å². The number of benzene rings is 1. The summed E-state index contributed by atoms with van der Waals surface area (Å²) >= 11 is 0. The van der Waals surface area contributed by atoms with Crippen molar-refractivity contribution in [2.75, 3.05) is 0 Å². The van der Waals surface area contributed by atoms with Crippen molar-refractivity contribution in [3.05, 3.63) is 77.9 Å². The largest absolute Gasteiger partial charge is 0.461 e. The Morgan fingerprint density at radius 2 is 1.52 bits per heavy atom. The van der Waals surface area contributed by atoms with Crippen LogP contribution in [0.5, 0.6) is 0 Å². The van der Waals surface area contributed by atoms with Gasteiger partial charge in [-0.1, -0.05) is 68.5 Å². The van der Waals surface area contributed by atoms with Gasteiger partial charge in [-0.05, 0) is 66.7 Å². The van der Waals surface area contributed by atoms with Crippen LogP contribution >= 0.6 is 0 Å². The maximum absolute atomic E-state index is 13.5. The highest BCUT2D eigenvalue weighted by Gasteiger charge is 2.71. The smallest absolute Gasteiger partial charge is 0.331 e. The van der Waals surface area contributed by atoms with E-state index in [0.29, 0.717) is 24.8 Å². The average Bonchev–Trinajstić information content (AvgIpc) is 3.25. The molecule has 8 nitrogen and oxygen atoms in total. The lowest BCUT2D eigenvalue weighted by Gasteiger charge is -2.61. The Morgan fingerprint density at radius 3 is 2.14 bits per heavy atom. The standard InChI is InChI=1S/C36H44O8/c1-8-22(2)16-17-35(7)23(3)18-32(44-34(40)15-14-27-12-10-9-11-13-27)36-29(19-28(20-31(35)36)41-24(4)37)30(42-25(5)38)21-33(36)43-26(6)39/h8-16,19,23,28,30-33H,1,17-18,20-21H2,2-7H3. The molecule has 1 spiro atoms. The molecule has 0 saturated heterocycles. The minimum absolute atomic E-state index is 0.0472. The lowest BCUT2D eigenvalue weighted by molar-refractivity contribution is -0.204. The minimum Gasteiger partial charge on any atom is -0.461 e. The molecule has 8 unspecified atom stereocenters. The highest BCUT2D eigenvalue weighted by atomic mass is 16.6. The lowest BCUT2D eigenvalue weighted by atomic mass is 9.44. The van der Waals surface area contributed by atoms with Gasteiger partial charge in [-0.25, -0.2) is 4.79 Å². The minimum atomic E-state index is -1.02. The van der Waals surface area contributed by atoms with Crippen LogP contribution in [0.15, 0.2) is 72.4 Å². The first-order chi connectivity index (χ1) is 20.8. The zero-order valence-corrected chi connectivity index (χ0v) is 26.5. The molecular weight excluding hydrogens is 560 g/mol. The number of hydrogen-bond acceptors (Lipinski definition) is 8. The van der Waals surface area contributed by atoms with Gasteiger partial charge in [0.25, 0.3) is 0 Å². The molecule has 0 bridgehead atoms. The van der Waals surface area contributed by atoms with Crippen LogP contribution in [-0.2, 0) is 38.1 Å². The third-order valence-corrected chi connectivity index (χ3v) is 9.83. The fraction of sp³-hybridized carbons (Fsp3) is 0.500. The molecule has 1 aromatic rings. The van der Waals surface area contributed by atoms with Gasteiger partial charge in [-0.2, -0.15) is 0 Å². The Morgan fingerprint density at radius 1 is 0.886 bits per heavy atom. The van der Waals surface area contributed by atoms with Crippen molar-refractivity contribution in [1.29, 1.82) is 0 Å². The molecule has 0 radical (unpaired) electrons. The molecule has 236 valence electrons. The monoisotopic (exact) mass is 604 g/mol. The number of hydrogen-bond donors (Lipinski definition) is 0. The zero-order valence-electron chi connectivity index (χ0n) is 26.5. The van der Waals surface area contributed by atoms with Crippen molar-refractivity contribution in [3.8, 4) is 0 Å². The van der Waals surface area contributed by atoms with E-state index < -0.39 is 59.1 Å². The second-order valence-corrected chi connectivity index (χ2v) is 12.6. The first-order valence-corrected chi connectivity index (χ1v) is 15.3. The van der Waals surface area contributed by atoms with Gasteiger partial charge >= 0.3 is 23.9 Å². The van der Waals surface area contributed by atoms with Gasteiger partial charge in [0.2, 0.25) is 0 Å². The van der Waals surface area contributed by atoms with Gasteiger partial charge in [0.15, 0.2) is 0 Å². The van der Waals surface area contributed by atoms with Crippen LogP contribution in [0, 0.1) is 22.7 Å². The number of carbonyl (C=O) groups excluding carboxylic acids is 4. The number of esters is 4. The highest BCUT2D eigenvalue weighted by molar-refractivity contribution is 5.87. The molecule has 3 aliphatic rings. The topological polar surface area (TPSA) is 105 Å². The zero-order chi connectivity index (χ0) is 32.2. The third kappa shape index (κ3) is 6.59. The first-order valence-electron chi connectivity index (χ1n) is 15.3. The molecule has 0 aliphatic heterocycles. The molecule has 0 aromatic heterocycles. The summed E-state index contributed by atoms with van der Waals surface area (Å²) in [5, 5.41) is 0. The van der Waals surface area contributed by atoms with E-state index >= 15 is 0 Å². The van der Waals surface area contributed by atoms with Crippen LogP contribution < -0.4 is 0 Å². The van der Waals surface area contributed by atoms with Crippen LogP contribution in [0.3, 0.4) is 0 Å². The third-order valence-electron chi connectivity index (χ3n) is 9.83. The Bertz CT molecular complexity index is 1370. The number of rotatable bonds is 9. The van der Waals surface area contributed by atoms with Crippen molar-refractivity contribution in [1.82, 2.24) is 0 Å². The van der Waals surface area contributed by atoms with Gasteiger partial charge in [-0.3, -0.25) is 14.4 Å². The summed E-state index contributed by atoms with van der Waals surface area (Å²) in [6.07, 6.45) is 7.86. The Labute approximate surface area is 260 Å². The van der Waals surface area contributed by atoms with Crippen LogP contribution in [0.25, 0.3) is 6.08 Å². The van der Waals surface area contributed by atoms with Gasteiger partial charge in [-0.15, -0.1) is 0 Å². The van der Waals surface area contributed by atoms with Crippen molar-refractivity contribution < 1.29 is 38.1 Å². The van der Waals surface area contributed by atoms with E-state index in [1.807, 2.05) is 43.3 Å². The molecule has 3 aliphatic carbocycles. The molecule has 1 aromatic carbocycles. The fourth-order valence-corrected chi connectivity index (χ4v) is 7.73. The van der Waals surface area contributed by atoms with Crippen molar-refractivity contribution in [2.45, 2.75) is 91.6 Å². The normalized spacial score (nSPS) is 33.0. The quantitative estimate of drug-likeness (QED) is 0.106. The molecule has 2 saturated carbocycles. The van der Waals surface area contributed by atoms with Crippen LogP contribution in [0.1, 0.15) is 72.8 Å². The van der Waals surface area contributed by atoms with Crippen LogP contribution in [0.4, 0.5) is 0 Å². The highest BCUT2D eigenvalue weighted by Crippen LogP contribution is 2.68. The Kier molecular flexibility index (Phi) is 10.0. The lowest BCUT2D eigenvalue weighted by Crippen LogP contribution is -2.63. The second kappa shape index (κ2) is 13.4. The summed E-state index contributed by atoms with van der Waals surface area (Å²) in [4.78, 5) is 50.6. The average molecular weight is 605 g/mol. The van der Waals surface area contributed by atoms with E-state index in [4.69, 9.17) is 18.9 Å². The van der Waals surface area contributed by atoms with E-state index in [1.165, 1.54) is 26.8 Å². The van der Waals surface area contributed by atoms with Crippen molar-refractivity contribution in [2.24, 2.45) is 22.7 Å². The van der Waals surface area contributed by atoms with E-state index in [9.17, 15) is 19.2 Å². The molecule has 0 heterocycles. The summed E-state index contributed by atoms with van der Waals surface area (Å²) in [5.41, 5.74) is 1.12. The molecule has 8 heteroatoms. The summed E-state index contributed by atoms with van der Waals surface area (Å²) in [6.45, 7) is 14.3. The Balaban J connectivity index is 1.90. The molecule has 44 heavy (non-hydrogen) atoms. The summed E-state index contributed by atoms with van der Waals surface area (Å²) in [7, 11) is 0. The van der Waals surface area contributed by atoms with E-state index in [1.54, 1.807) is 12.2 Å². The predicted octanol–water partition coefficient (Wildman–Crippen LogP) is 6.31. The summed E-state index contributed by atoms with van der Waals surface area (Å²) in [5.74, 6) is -2.16. The van der Waals surface area contributed by atoms with Gasteiger partial charge in [0.1, 0.15) is 24.4 Å². The number of allylic oxidation sites excluding steroid dienone is 3. The molecule has 0 N–H and O–H groups in total. The van der Waals surface area contributed by atoms with E-state index in [2.05, 4.69) is 26.5 Å². The summed E-state index contributed by atoms with van der Waals surface area (Å²) in [6, 6.07) is 9.45. The first kappa shape index (κ1) is 33.0. The van der Waals surface area contributed by atoms with Gasteiger partial charge in [0.05, 0.1) is 5.41 Å². The molecule has 0 amide bonds. The van der Waals surface area contributed by atoms with Crippen LogP contribution in [-0.4, -0.2) is 48.3 Å². The second-order valence-electron chi connectivity index (χ2n) is 12.6. The molecule has 4 rings (SSSR count). The molecular formula is C36H44O8. The molecule has 2 fully saturated rings. The predicted molar refractivity (Wildman–Crippen MR) is 166 cm³/mol. The maximum Gasteiger partial charge on any atom is 0.331 e. The van der Waals surface area contributed by atoms with Crippen molar-refractivity contribution in [3.63, 3.8) is 0 Å². The maximum atomic E-state index is 13.5. The SMILES string of the molecule is C=CC(C)=CCC1(C)C(C)CC(OC(=O)C=Cc2ccccc2)C23C(=CC(OC(C)=O)CC12)C(OC(C)=O)CC3OC(C)=O. The Hall–Kier alpha value is -3.94.